The fourth-order valence-corrected chi connectivity index (χ4v) is 2.28. The van der Waals surface area contributed by atoms with Gasteiger partial charge in [0.1, 0.15) is 0 Å². The number of hydrazine groups is 1. The van der Waals surface area contributed by atoms with E-state index in [1.165, 1.54) is 38.5 Å². The summed E-state index contributed by atoms with van der Waals surface area (Å²) in [5.41, 5.74) is 2.96. The molecule has 82 valence electrons. The van der Waals surface area contributed by atoms with Crippen molar-refractivity contribution >= 4 is 0 Å². The van der Waals surface area contributed by atoms with Crippen LogP contribution in [0.1, 0.15) is 38.5 Å². The summed E-state index contributed by atoms with van der Waals surface area (Å²) in [5.74, 6) is 7.33. The van der Waals surface area contributed by atoms with Crippen molar-refractivity contribution in [1.82, 2.24) is 5.43 Å². The summed E-state index contributed by atoms with van der Waals surface area (Å²) in [6, 6.07) is 0.516. The van der Waals surface area contributed by atoms with E-state index < -0.39 is 0 Å². The van der Waals surface area contributed by atoms with Crippen LogP contribution in [0, 0.1) is 11.8 Å². The number of hydrogen-bond donors (Lipinski definition) is 2. The molecule has 3 nitrogen and oxygen atoms in total. The van der Waals surface area contributed by atoms with E-state index in [9.17, 15) is 0 Å². The van der Waals surface area contributed by atoms with E-state index in [2.05, 4.69) is 5.43 Å². The van der Waals surface area contributed by atoms with Crippen molar-refractivity contribution < 1.29 is 4.74 Å². The van der Waals surface area contributed by atoms with Crippen LogP contribution in [-0.2, 0) is 4.74 Å². The van der Waals surface area contributed by atoms with Crippen LogP contribution in [0.15, 0.2) is 0 Å². The van der Waals surface area contributed by atoms with Crippen LogP contribution >= 0.6 is 0 Å². The molecule has 2 aliphatic rings. The molecule has 1 aliphatic carbocycles. The van der Waals surface area contributed by atoms with Gasteiger partial charge in [-0.05, 0) is 37.5 Å². The van der Waals surface area contributed by atoms with Gasteiger partial charge in [-0.15, -0.1) is 0 Å². The second-order valence-electron chi connectivity index (χ2n) is 4.85. The molecular weight excluding hydrogens is 176 g/mol. The summed E-state index contributed by atoms with van der Waals surface area (Å²) in [7, 11) is 0. The molecule has 0 amide bonds. The Kier molecular flexibility index (Phi) is 3.79. The summed E-state index contributed by atoms with van der Waals surface area (Å²) in [5, 5.41) is 0. The minimum absolute atomic E-state index is 0.516. The van der Waals surface area contributed by atoms with Crippen molar-refractivity contribution in [3.8, 4) is 0 Å². The predicted octanol–water partition coefficient (Wildman–Crippen LogP) is 1.44. The summed E-state index contributed by atoms with van der Waals surface area (Å²) >= 11 is 0. The Morgan fingerprint density at radius 2 is 2.14 bits per heavy atom. The van der Waals surface area contributed by atoms with Gasteiger partial charge >= 0.3 is 0 Å². The topological polar surface area (TPSA) is 47.3 Å². The lowest BCUT2D eigenvalue weighted by Crippen LogP contribution is -2.36. The predicted molar refractivity (Wildman–Crippen MR) is 56.6 cm³/mol. The van der Waals surface area contributed by atoms with Gasteiger partial charge in [-0.2, -0.15) is 0 Å². The Morgan fingerprint density at radius 3 is 2.71 bits per heavy atom. The molecule has 1 saturated heterocycles. The molecular formula is C11H22N2O. The maximum Gasteiger partial charge on any atom is 0.0495 e. The molecule has 1 aliphatic heterocycles. The van der Waals surface area contributed by atoms with Crippen molar-refractivity contribution in [2.24, 2.45) is 17.7 Å². The molecule has 3 N–H and O–H groups in total. The first-order chi connectivity index (χ1) is 6.88. The average molecular weight is 198 g/mol. The van der Waals surface area contributed by atoms with Crippen LogP contribution < -0.4 is 11.3 Å². The van der Waals surface area contributed by atoms with Crippen molar-refractivity contribution in [1.29, 1.82) is 0 Å². The Morgan fingerprint density at radius 1 is 1.29 bits per heavy atom. The third-order valence-corrected chi connectivity index (χ3v) is 3.50. The smallest absolute Gasteiger partial charge is 0.0495 e. The molecule has 2 atom stereocenters. The van der Waals surface area contributed by atoms with E-state index in [4.69, 9.17) is 10.6 Å². The van der Waals surface area contributed by atoms with Crippen molar-refractivity contribution in [2.45, 2.75) is 44.6 Å². The molecule has 14 heavy (non-hydrogen) atoms. The monoisotopic (exact) mass is 198 g/mol. The molecule has 3 heteroatoms. The molecule has 0 bridgehead atoms. The summed E-state index contributed by atoms with van der Waals surface area (Å²) < 4.78 is 5.37. The molecule has 2 unspecified atom stereocenters. The van der Waals surface area contributed by atoms with Gasteiger partial charge in [-0.1, -0.05) is 12.8 Å². The van der Waals surface area contributed by atoms with Gasteiger partial charge < -0.3 is 4.74 Å². The lowest BCUT2D eigenvalue weighted by Gasteiger charge is -2.18. The van der Waals surface area contributed by atoms with Crippen LogP contribution in [0.2, 0.25) is 0 Å². The third-order valence-electron chi connectivity index (χ3n) is 3.50. The van der Waals surface area contributed by atoms with E-state index in [-0.39, 0.29) is 0 Å². The summed E-state index contributed by atoms with van der Waals surface area (Å²) in [4.78, 5) is 0. The van der Waals surface area contributed by atoms with Gasteiger partial charge in [-0.3, -0.25) is 11.3 Å². The fourth-order valence-electron chi connectivity index (χ4n) is 2.28. The van der Waals surface area contributed by atoms with Crippen LogP contribution in [0.3, 0.4) is 0 Å². The van der Waals surface area contributed by atoms with Gasteiger partial charge in [0.2, 0.25) is 0 Å². The van der Waals surface area contributed by atoms with E-state index in [1.54, 1.807) is 0 Å². The van der Waals surface area contributed by atoms with Gasteiger partial charge in [0, 0.05) is 19.3 Å². The van der Waals surface area contributed by atoms with Gasteiger partial charge in [-0.25, -0.2) is 0 Å². The minimum Gasteiger partial charge on any atom is -0.381 e. The molecule has 0 aromatic heterocycles. The molecule has 2 fully saturated rings. The molecule has 0 spiro atoms. The van der Waals surface area contributed by atoms with Crippen molar-refractivity contribution in [3.05, 3.63) is 0 Å². The number of hydrogen-bond acceptors (Lipinski definition) is 3. The molecule has 1 saturated carbocycles. The quantitative estimate of drug-likeness (QED) is 0.501. The molecule has 0 radical (unpaired) electrons. The lowest BCUT2D eigenvalue weighted by atomic mass is 9.96. The number of rotatable bonds is 6. The highest BCUT2D eigenvalue weighted by atomic mass is 16.5. The number of nitrogens with one attached hydrogen (secondary N) is 1. The summed E-state index contributed by atoms with van der Waals surface area (Å²) in [6.07, 6.45) is 7.93. The van der Waals surface area contributed by atoms with Gasteiger partial charge in [0.25, 0.3) is 0 Å². The first-order valence-corrected chi connectivity index (χ1v) is 5.92. The Hall–Kier alpha value is -0.120. The average Bonchev–Trinajstić information content (AvgIpc) is 2.90. The zero-order valence-corrected chi connectivity index (χ0v) is 8.87. The molecule has 0 aromatic rings. The standard InChI is InChI=1S/C11H22N2O/c12-13-11(4-3-9-1-2-9)7-10-5-6-14-8-10/h9-11,13H,1-8,12H2. The van der Waals surface area contributed by atoms with E-state index in [0.29, 0.717) is 6.04 Å². The normalized spacial score (nSPS) is 29.4. The van der Waals surface area contributed by atoms with Crippen LogP contribution in [0.5, 0.6) is 0 Å². The van der Waals surface area contributed by atoms with Crippen LogP contribution in [-0.4, -0.2) is 19.3 Å². The Bertz CT molecular complexity index is 165. The van der Waals surface area contributed by atoms with Gasteiger partial charge in [0.15, 0.2) is 0 Å². The Labute approximate surface area is 86.4 Å². The van der Waals surface area contributed by atoms with Crippen LogP contribution in [0.4, 0.5) is 0 Å². The fraction of sp³-hybridized carbons (Fsp3) is 1.00. The number of nitrogens with two attached hydrogens (primary N) is 1. The minimum atomic E-state index is 0.516. The third kappa shape index (κ3) is 3.23. The lowest BCUT2D eigenvalue weighted by molar-refractivity contribution is 0.180. The SMILES string of the molecule is NNC(CCC1CC1)CC1CCOC1. The molecule has 2 rings (SSSR count). The zero-order chi connectivity index (χ0) is 9.80. The van der Waals surface area contributed by atoms with E-state index in [1.807, 2.05) is 0 Å². The second kappa shape index (κ2) is 5.10. The highest BCUT2D eigenvalue weighted by Crippen LogP contribution is 2.34. The highest BCUT2D eigenvalue weighted by molar-refractivity contribution is 4.78. The van der Waals surface area contributed by atoms with Crippen molar-refractivity contribution in [2.75, 3.05) is 13.2 Å². The second-order valence-corrected chi connectivity index (χ2v) is 4.85. The zero-order valence-electron chi connectivity index (χ0n) is 8.87. The van der Waals surface area contributed by atoms with E-state index in [0.717, 1.165) is 25.0 Å². The maximum atomic E-state index is 5.57. The first kappa shape index (κ1) is 10.4. The first-order valence-electron chi connectivity index (χ1n) is 5.92. The summed E-state index contributed by atoms with van der Waals surface area (Å²) in [6.45, 7) is 1.90. The van der Waals surface area contributed by atoms with Crippen molar-refractivity contribution in [3.63, 3.8) is 0 Å². The maximum absolute atomic E-state index is 5.57. The van der Waals surface area contributed by atoms with E-state index >= 15 is 0 Å². The van der Waals surface area contributed by atoms with Crippen LogP contribution in [0.25, 0.3) is 0 Å². The molecule has 1 heterocycles. The van der Waals surface area contributed by atoms with Gasteiger partial charge in [0.05, 0.1) is 0 Å². The number of ether oxygens (including phenoxy) is 1. The Balaban J connectivity index is 1.62. The largest absolute Gasteiger partial charge is 0.381 e. The highest BCUT2D eigenvalue weighted by Gasteiger charge is 2.24. The molecule has 0 aromatic carbocycles.